The third kappa shape index (κ3) is 3.49. The first-order chi connectivity index (χ1) is 20.8. The quantitative estimate of drug-likeness (QED) is 0.199. The summed E-state index contributed by atoms with van der Waals surface area (Å²) in [6.45, 7) is 0. The molecule has 0 aromatic heterocycles. The molecule has 42 heavy (non-hydrogen) atoms. The summed E-state index contributed by atoms with van der Waals surface area (Å²) >= 11 is 0. The summed E-state index contributed by atoms with van der Waals surface area (Å²) in [5.41, 5.74) is 10.7. The van der Waals surface area contributed by atoms with Crippen molar-refractivity contribution in [3.05, 3.63) is 157 Å². The fraction of sp³-hybridized carbons (Fsp3) is 0.0476. The number of hydrogen-bond acceptors (Lipinski definition) is 0. The van der Waals surface area contributed by atoms with Crippen LogP contribution < -0.4 is 0 Å². The Bertz CT molecular complexity index is 2290. The van der Waals surface area contributed by atoms with E-state index < -0.39 is 0 Å². The molecule has 0 unspecified atom stereocenters. The highest BCUT2D eigenvalue weighted by Gasteiger charge is 2.21. The molecule has 0 spiro atoms. The van der Waals surface area contributed by atoms with E-state index in [2.05, 4.69) is 146 Å². The monoisotopic (exact) mass is 532 g/mol. The summed E-state index contributed by atoms with van der Waals surface area (Å²) in [5.74, 6) is 0. The van der Waals surface area contributed by atoms with Gasteiger partial charge in [-0.1, -0.05) is 133 Å². The van der Waals surface area contributed by atoms with Crippen LogP contribution in [0.2, 0.25) is 0 Å². The van der Waals surface area contributed by atoms with Crippen molar-refractivity contribution >= 4 is 43.1 Å². The van der Waals surface area contributed by atoms with Crippen LogP contribution in [0.15, 0.2) is 146 Å². The van der Waals surface area contributed by atoms with Crippen molar-refractivity contribution in [3.63, 3.8) is 0 Å². The van der Waals surface area contributed by atoms with E-state index in [1.165, 1.54) is 87.6 Å². The maximum Gasteiger partial charge on any atom is -0.00201 e. The molecule has 8 aromatic rings. The molecule has 0 nitrogen and oxygen atoms in total. The maximum absolute atomic E-state index is 2.38. The average Bonchev–Trinajstić information content (AvgIpc) is 3.48. The van der Waals surface area contributed by atoms with Crippen LogP contribution in [0.4, 0.5) is 0 Å². The van der Waals surface area contributed by atoms with Gasteiger partial charge in [0, 0.05) is 0 Å². The van der Waals surface area contributed by atoms with Gasteiger partial charge in [0.15, 0.2) is 0 Å². The van der Waals surface area contributed by atoms with Crippen LogP contribution in [-0.4, -0.2) is 0 Å². The van der Waals surface area contributed by atoms with Crippen molar-refractivity contribution in [2.75, 3.05) is 0 Å². The van der Waals surface area contributed by atoms with E-state index in [1.807, 2.05) is 0 Å². The average molecular weight is 533 g/mol. The summed E-state index contributed by atoms with van der Waals surface area (Å²) in [6, 6.07) is 54.1. The number of benzene rings is 8. The first-order valence-electron chi connectivity index (χ1n) is 14.9. The molecule has 0 N–H and O–H groups in total. The summed E-state index contributed by atoms with van der Waals surface area (Å²) in [6.07, 6.45) is 2.29. The number of hydrogen-bond donors (Lipinski definition) is 0. The van der Waals surface area contributed by atoms with E-state index in [0.717, 1.165) is 12.8 Å². The molecule has 1 aliphatic carbocycles. The highest BCUT2D eigenvalue weighted by atomic mass is 14.2. The smallest absolute Gasteiger partial charge is 0.00201 e. The fourth-order valence-corrected chi connectivity index (χ4v) is 7.42. The Morgan fingerprint density at radius 2 is 0.905 bits per heavy atom. The van der Waals surface area contributed by atoms with Gasteiger partial charge in [-0.3, -0.25) is 0 Å². The number of aryl methyl sites for hydroxylation is 2. The SMILES string of the molecule is c1cc(-c2ccc3ccccc3c2)cc(-c2c3ccccc3c(-c3ccc4c5c(cccc35)CC4)c3ccccc23)c1. The lowest BCUT2D eigenvalue weighted by Crippen LogP contribution is -1.92. The highest BCUT2D eigenvalue weighted by Crippen LogP contribution is 2.47. The second-order valence-electron chi connectivity index (χ2n) is 11.6. The van der Waals surface area contributed by atoms with Crippen molar-refractivity contribution in [2.45, 2.75) is 12.8 Å². The van der Waals surface area contributed by atoms with Crippen molar-refractivity contribution in [1.29, 1.82) is 0 Å². The summed E-state index contributed by atoms with van der Waals surface area (Å²) in [4.78, 5) is 0. The molecule has 0 fully saturated rings. The lowest BCUT2D eigenvalue weighted by Gasteiger charge is -2.19. The van der Waals surface area contributed by atoms with Crippen molar-refractivity contribution in [1.82, 2.24) is 0 Å². The van der Waals surface area contributed by atoms with Gasteiger partial charge in [-0.25, -0.2) is 0 Å². The second-order valence-corrected chi connectivity index (χ2v) is 11.6. The van der Waals surface area contributed by atoms with Gasteiger partial charge in [0.05, 0.1) is 0 Å². The van der Waals surface area contributed by atoms with Crippen LogP contribution in [0, 0.1) is 0 Å². The molecule has 0 saturated heterocycles. The molecule has 0 saturated carbocycles. The lowest BCUT2D eigenvalue weighted by atomic mass is 9.84. The molecule has 0 aliphatic heterocycles. The zero-order valence-electron chi connectivity index (χ0n) is 23.3. The van der Waals surface area contributed by atoms with Gasteiger partial charge < -0.3 is 0 Å². The Hall–Kier alpha value is -5.20. The molecule has 0 heterocycles. The lowest BCUT2D eigenvalue weighted by molar-refractivity contribution is 1.02. The topological polar surface area (TPSA) is 0 Å². The molecule has 0 radical (unpaired) electrons. The molecule has 0 amide bonds. The number of fused-ring (bicyclic) bond motifs is 3. The molecule has 9 rings (SSSR count). The predicted octanol–water partition coefficient (Wildman–Crippen LogP) is 11.4. The van der Waals surface area contributed by atoms with E-state index in [4.69, 9.17) is 0 Å². The molecule has 196 valence electrons. The standard InChI is InChI=1S/C42H28/c1-2-10-30-25-32(22-19-27(30)9-1)31-12-7-13-33(26-31)41-35-14-3-5-16-37(35)42(38-17-6-4-15-36(38)41)39-24-23-29-21-20-28-11-8-18-34(39)40(28)29/h1-19,22-26H,20-21H2. The molecule has 1 aliphatic rings. The predicted molar refractivity (Wildman–Crippen MR) is 180 cm³/mol. The zero-order valence-corrected chi connectivity index (χ0v) is 23.3. The minimum Gasteiger partial charge on any atom is -0.0616 e. The summed E-state index contributed by atoms with van der Waals surface area (Å²) in [7, 11) is 0. The highest BCUT2D eigenvalue weighted by molar-refractivity contribution is 6.24. The largest absolute Gasteiger partial charge is 0.0616 e. The van der Waals surface area contributed by atoms with Gasteiger partial charge in [-0.15, -0.1) is 0 Å². The minimum atomic E-state index is 1.14. The second kappa shape index (κ2) is 9.16. The van der Waals surface area contributed by atoms with Crippen LogP contribution >= 0.6 is 0 Å². The molecule has 8 aromatic carbocycles. The third-order valence-electron chi connectivity index (χ3n) is 9.31. The van der Waals surface area contributed by atoms with Gasteiger partial charge in [0.25, 0.3) is 0 Å². The fourth-order valence-electron chi connectivity index (χ4n) is 7.42. The van der Waals surface area contributed by atoms with Crippen LogP contribution in [0.3, 0.4) is 0 Å². The Morgan fingerprint density at radius 1 is 0.333 bits per heavy atom. The van der Waals surface area contributed by atoms with Crippen LogP contribution in [0.1, 0.15) is 11.1 Å². The van der Waals surface area contributed by atoms with Gasteiger partial charge in [0.2, 0.25) is 0 Å². The van der Waals surface area contributed by atoms with Crippen LogP contribution in [-0.2, 0) is 12.8 Å². The molecule has 0 atom stereocenters. The van der Waals surface area contributed by atoms with E-state index in [1.54, 1.807) is 0 Å². The van der Waals surface area contributed by atoms with E-state index in [-0.39, 0.29) is 0 Å². The van der Waals surface area contributed by atoms with E-state index in [0.29, 0.717) is 0 Å². The van der Waals surface area contributed by atoms with Gasteiger partial charge in [-0.2, -0.15) is 0 Å². The Balaban J connectivity index is 1.33. The van der Waals surface area contributed by atoms with Crippen molar-refractivity contribution in [3.8, 4) is 33.4 Å². The zero-order chi connectivity index (χ0) is 27.6. The molecule has 0 heteroatoms. The van der Waals surface area contributed by atoms with Crippen molar-refractivity contribution < 1.29 is 0 Å². The first kappa shape index (κ1) is 23.5. The van der Waals surface area contributed by atoms with Gasteiger partial charge in [0.1, 0.15) is 0 Å². The Labute approximate surface area is 245 Å². The van der Waals surface area contributed by atoms with Crippen molar-refractivity contribution in [2.24, 2.45) is 0 Å². The first-order valence-corrected chi connectivity index (χ1v) is 14.9. The van der Waals surface area contributed by atoms with Crippen LogP contribution in [0.5, 0.6) is 0 Å². The Kier molecular flexibility index (Phi) is 5.12. The Morgan fingerprint density at radius 3 is 1.67 bits per heavy atom. The minimum absolute atomic E-state index is 1.14. The maximum atomic E-state index is 2.38. The molecule has 0 bridgehead atoms. The molecular weight excluding hydrogens is 504 g/mol. The number of rotatable bonds is 3. The summed E-state index contributed by atoms with van der Waals surface area (Å²) < 4.78 is 0. The van der Waals surface area contributed by atoms with Gasteiger partial charge >= 0.3 is 0 Å². The van der Waals surface area contributed by atoms with Crippen LogP contribution in [0.25, 0.3) is 76.5 Å². The third-order valence-corrected chi connectivity index (χ3v) is 9.31. The van der Waals surface area contributed by atoms with E-state index in [9.17, 15) is 0 Å². The summed E-state index contributed by atoms with van der Waals surface area (Å²) in [5, 5.41) is 10.6. The van der Waals surface area contributed by atoms with Gasteiger partial charge in [-0.05, 0) is 113 Å². The van der Waals surface area contributed by atoms with E-state index >= 15 is 0 Å². The molecular formula is C42H28. The normalized spacial score (nSPS) is 12.6.